The average Bonchev–Trinajstić information content (AvgIpc) is 2.55. The van der Waals surface area contributed by atoms with Gasteiger partial charge in [-0.25, -0.2) is 4.79 Å². The summed E-state index contributed by atoms with van der Waals surface area (Å²) in [6.45, 7) is 0. The third kappa shape index (κ3) is 4.07. The Kier molecular flexibility index (Phi) is 5.55. The van der Waals surface area contributed by atoms with Crippen molar-refractivity contribution >= 4 is 11.9 Å². The lowest BCUT2D eigenvalue weighted by Crippen LogP contribution is -2.79. The summed E-state index contributed by atoms with van der Waals surface area (Å²) in [5, 5.41) is 2.85. The first kappa shape index (κ1) is 16.5. The Morgan fingerprint density at radius 3 is 2.45 bits per heavy atom. The minimum atomic E-state index is -0.666. The molecule has 0 saturated heterocycles. The molecule has 2 rings (SSSR count). The van der Waals surface area contributed by atoms with Crippen LogP contribution in [-0.2, 0) is 20.7 Å². The first-order valence-corrected chi connectivity index (χ1v) is 7.83. The summed E-state index contributed by atoms with van der Waals surface area (Å²) < 4.78 is 4.83. The Morgan fingerprint density at radius 2 is 1.86 bits per heavy atom. The highest BCUT2D eigenvalue weighted by Crippen LogP contribution is 2.24. The zero-order chi connectivity index (χ0) is 16.0. The molecular weight excluding hydrogens is 280 g/mol. The molecule has 1 aromatic carbocycles. The van der Waals surface area contributed by atoms with Crippen LogP contribution in [0.3, 0.4) is 0 Å². The van der Waals surface area contributed by atoms with Gasteiger partial charge in [-0.3, -0.25) is 4.79 Å². The van der Waals surface area contributed by atoms with Gasteiger partial charge in [0.1, 0.15) is 6.04 Å². The van der Waals surface area contributed by atoms with Crippen LogP contribution in [0.2, 0.25) is 0 Å². The Balaban J connectivity index is 2.06. The standard InChI is InChI=1S/C17H24N2O3/c1-22-15(20)14(12-13-8-4-2-5-9-13)19-16(21)17(18)10-6-3-7-11-17/h2,4-5,8-9,14H,3,6-7,10-12,18H2,1H3,(H,19,21)/p+1. The van der Waals surface area contributed by atoms with Crippen LogP contribution in [-0.4, -0.2) is 30.6 Å². The van der Waals surface area contributed by atoms with Gasteiger partial charge in [0.05, 0.1) is 7.11 Å². The molecule has 22 heavy (non-hydrogen) atoms. The number of amides is 1. The maximum Gasteiger partial charge on any atom is 0.328 e. The number of esters is 1. The predicted molar refractivity (Wildman–Crippen MR) is 82.8 cm³/mol. The first-order chi connectivity index (χ1) is 10.5. The highest BCUT2D eigenvalue weighted by molar-refractivity contribution is 5.89. The van der Waals surface area contributed by atoms with Crippen LogP contribution in [0, 0.1) is 0 Å². The van der Waals surface area contributed by atoms with E-state index in [1.807, 2.05) is 30.3 Å². The smallest absolute Gasteiger partial charge is 0.328 e. The minimum absolute atomic E-state index is 0.140. The van der Waals surface area contributed by atoms with Crippen LogP contribution in [0.4, 0.5) is 0 Å². The molecule has 0 radical (unpaired) electrons. The lowest BCUT2D eigenvalue weighted by Gasteiger charge is -2.30. The van der Waals surface area contributed by atoms with Gasteiger partial charge >= 0.3 is 5.97 Å². The fourth-order valence-electron chi connectivity index (χ4n) is 2.95. The zero-order valence-corrected chi connectivity index (χ0v) is 13.1. The molecule has 4 N–H and O–H groups in total. The number of carbonyl (C=O) groups is 2. The number of carbonyl (C=O) groups excluding carboxylic acids is 2. The topological polar surface area (TPSA) is 83.0 Å². The predicted octanol–water partition coefficient (Wildman–Crippen LogP) is 0.832. The maximum absolute atomic E-state index is 12.6. The van der Waals surface area contributed by atoms with E-state index in [0.717, 1.165) is 37.7 Å². The second-order valence-corrected chi connectivity index (χ2v) is 6.08. The van der Waals surface area contributed by atoms with Crippen LogP contribution in [0.1, 0.15) is 37.7 Å². The second kappa shape index (κ2) is 7.40. The molecule has 1 saturated carbocycles. The number of nitrogens with one attached hydrogen (secondary N) is 1. The Labute approximate surface area is 131 Å². The quantitative estimate of drug-likeness (QED) is 0.791. The van der Waals surface area contributed by atoms with Crippen LogP contribution < -0.4 is 11.1 Å². The van der Waals surface area contributed by atoms with Crippen molar-refractivity contribution in [3.05, 3.63) is 35.9 Å². The van der Waals surface area contributed by atoms with Crippen molar-refractivity contribution in [2.75, 3.05) is 7.11 Å². The molecule has 1 atom stereocenters. The van der Waals surface area contributed by atoms with Crippen molar-refractivity contribution in [2.45, 2.75) is 50.1 Å². The Morgan fingerprint density at radius 1 is 1.23 bits per heavy atom. The van der Waals surface area contributed by atoms with E-state index >= 15 is 0 Å². The van der Waals surface area contributed by atoms with Gasteiger partial charge in [0.2, 0.25) is 0 Å². The number of quaternary nitrogens is 1. The molecule has 1 fully saturated rings. The molecule has 1 unspecified atom stereocenters. The van der Waals surface area contributed by atoms with E-state index in [0.29, 0.717) is 6.42 Å². The van der Waals surface area contributed by atoms with E-state index < -0.39 is 17.6 Å². The molecule has 1 aliphatic carbocycles. The van der Waals surface area contributed by atoms with Crippen molar-refractivity contribution in [1.82, 2.24) is 5.32 Å². The fourth-order valence-corrected chi connectivity index (χ4v) is 2.95. The molecular formula is C17H25N2O3+. The molecule has 1 aliphatic rings. The average molecular weight is 305 g/mol. The third-order valence-electron chi connectivity index (χ3n) is 4.37. The summed E-state index contributed by atoms with van der Waals surface area (Å²) in [5.74, 6) is -0.560. The Hall–Kier alpha value is -1.88. The van der Waals surface area contributed by atoms with Crippen LogP contribution >= 0.6 is 0 Å². The van der Waals surface area contributed by atoms with E-state index in [2.05, 4.69) is 11.1 Å². The van der Waals surface area contributed by atoms with Crippen molar-refractivity contribution in [1.29, 1.82) is 0 Å². The van der Waals surface area contributed by atoms with E-state index in [4.69, 9.17) is 4.74 Å². The van der Waals surface area contributed by atoms with Crippen LogP contribution in [0.15, 0.2) is 30.3 Å². The van der Waals surface area contributed by atoms with E-state index in [1.54, 1.807) is 0 Å². The molecule has 0 aromatic heterocycles. The number of ether oxygens (including phenoxy) is 1. The molecule has 0 bridgehead atoms. The minimum Gasteiger partial charge on any atom is -0.467 e. The van der Waals surface area contributed by atoms with Gasteiger partial charge in [0.25, 0.3) is 5.91 Å². The maximum atomic E-state index is 12.6. The number of benzene rings is 1. The summed E-state index contributed by atoms with van der Waals surface area (Å²) in [5.41, 5.74) is 4.49. The molecule has 0 heterocycles. The van der Waals surface area contributed by atoms with Gasteiger partial charge in [-0.05, 0) is 18.4 Å². The SMILES string of the molecule is COC(=O)C(Cc1ccccc1)NC(=O)C1([NH3+])CCCCC1. The summed E-state index contributed by atoms with van der Waals surface area (Å²) >= 11 is 0. The summed E-state index contributed by atoms with van der Waals surface area (Å²) in [7, 11) is 1.34. The van der Waals surface area contributed by atoms with E-state index in [-0.39, 0.29) is 5.91 Å². The normalized spacial score (nSPS) is 18.3. The molecule has 5 nitrogen and oxygen atoms in total. The zero-order valence-electron chi connectivity index (χ0n) is 13.1. The van der Waals surface area contributed by atoms with Crippen molar-refractivity contribution in [2.24, 2.45) is 0 Å². The summed E-state index contributed by atoms with van der Waals surface area (Å²) in [4.78, 5) is 24.5. The highest BCUT2D eigenvalue weighted by atomic mass is 16.5. The van der Waals surface area contributed by atoms with Gasteiger partial charge in [-0.2, -0.15) is 0 Å². The first-order valence-electron chi connectivity index (χ1n) is 7.83. The van der Waals surface area contributed by atoms with Crippen molar-refractivity contribution in [3.8, 4) is 0 Å². The highest BCUT2D eigenvalue weighted by Gasteiger charge is 2.41. The molecule has 5 heteroatoms. The van der Waals surface area contributed by atoms with Crippen molar-refractivity contribution in [3.63, 3.8) is 0 Å². The molecule has 0 aliphatic heterocycles. The molecule has 1 aromatic rings. The fraction of sp³-hybridized carbons (Fsp3) is 0.529. The van der Waals surface area contributed by atoms with Crippen LogP contribution in [0.25, 0.3) is 0 Å². The van der Waals surface area contributed by atoms with Gasteiger partial charge in [-0.1, -0.05) is 36.8 Å². The summed E-state index contributed by atoms with van der Waals surface area (Å²) in [6.07, 6.45) is 5.15. The van der Waals surface area contributed by atoms with Gasteiger partial charge in [0.15, 0.2) is 5.54 Å². The number of hydrogen-bond acceptors (Lipinski definition) is 3. The van der Waals surface area contributed by atoms with Crippen LogP contribution in [0.5, 0.6) is 0 Å². The van der Waals surface area contributed by atoms with Gasteiger partial charge < -0.3 is 15.8 Å². The lowest BCUT2D eigenvalue weighted by atomic mass is 9.81. The van der Waals surface area contributed by atoms with E-state index in [9.17, 15) is 9.59 Å². The summed E-state index contributed by atoms with van der Waals surface area (Å²) in [6, 6.07) is 8.94. The second-order valence-electron chi connectivity index (χ2n) is 6.08. The third-order valence-corrected chi connectivity index (χ3v) is 4.37. The molecule has 120 valence electrons. The molecule has 1 amide bonds. The van der Waals surface area contributed by atoms with Gasteiger partial charge in [-0.15, -0.1) is 0 Å². The Bertz CT molecular complexity index is 510. The van der Waals surface area contributed by atoms with Gasteiger partial charge in [0, 0.05) is 19.3 Å². The lowest BCUT2D eigenvalue weighted by molar-refractivity contribution is -0.464. The number of rotatable bonds is 5. The molecule has 0 spiro atoms. The number of methoxy groups -OCH3 is 1. The monoisotopic (exact) mass is 305 g/mol. The van der Waals surface area contributed by atoms with Crippen molar-refractivity contribution < 1.29 is 20.1 Å². The van der Waals surface area contributed by atoms with E-state index in [1.165, 1.54) is 7.11 Å². The number of hydrogen-bond donors (Lipinski definition) is 2. The largest absolute Gasteiger partial charge is 0.467 e.